The zero-order valence-electron chi connectivity index (χ0n) is 9.48. The number of carbonyl (C=O) groups excluding carboxylic acids is 2. The average Bonchev–Trinajstić information content (AvgIpc) is 2.74. The first kappa shape index (κ1) is 13.9. The molecule has 2 rings (SSSR count). The molecule has 2 unspecified atom stereocenters. The maximum Gasteiger partial charge on any atom is 0.257 e. The van der Waals surface area contributed by atoms with Crippen molar-refractivity contribution >= 4 is 50.2 Å². The molecule has 2 heterocycles. The van der Waals surface area contributed by atoms with E-state index in [-0.39, 0.29) is 22.6 Å². The Morgan fingerprint density at radius 1 is 1.17 bits per heavy atom. The van der Waals surface area contributed by atoms with E-state index in [0.717, 1.165) is 0 Å². The number of hydrogen-bond donors (Lipinski definition) is 0. The van der Waals surface area contributed by atoms with Crippen LogP contribution < -0.4 is 0 Å². The van der Waals surface area contributed by atoms with Crippen molar-refractivity contribution in [2.24, 2.45) is 0 Å². The fourth-order valence-corrected chi connectivity index (χ4v) is 9.52. The van der Waals surface area contributed by atoms with Gasteiger partial charge in [-0.25, -0.2) is 0 Å². The number of piperazine rings is 1. The molecule has 2 aliphatic heterocycles. The van der Waals surface area contributed by atoms with E-state index in [4.69, 9.17) is 11.2 Å². The Kier molecular flexibility index (Phi) is 4.31. The van der Waals surface area contributed by atoms with Gasteiger partial charge in [-0.15, -0.1) is 13.2 Å². The van der Waals surface area contributed by atoms with Crippen molar-refractivity contribution in [3.05, 3.63) is 25.3 Å². The van der Waals surface area contributed by atoms with E-state index in [9.17, 15) is 9.59 Å². The number of fused-ring (bicyclic) bond motifs is 2. The molecule has 2 amide bonds. The highest BCUT2D eigenvalue weighted by molar-refractivity contribution is 8.58. The lowest BCUT2D eigenvalue weighted by molar-refractivity contribution is -0.149. The van der Waals surface area contributed by atoms with Crippen LogP contribution in [-0.4, -0.2) is 45.5 Å². The van der Waals surface area contributed by atoms with Gasteiger partial charge < -0.3 is 9.80 Å². The molecule has 0 aromatic carbocycles. The summed E-state index contributed by atoms with van der Waals surface area (Å²) in [4.78, 5) is 27.8. The van der Waals surface area contributed by atoms with Crippen LogP contribution in [0.1, 0.15) is 0 Å². The summed E-state index contributed by atoms with van der Waals surface area (Å²) in [6.07, 6.45) is 3.30. The van der Waals surface area contributed by atoms with Crippen LogP contribution in [0.2, 0.25) is 0 Å². The molecule has 0 spiro atoms. The van der Waals surface area contributed by atoms with E-state index in [1.54, 1.807) is 22.0 Å². The lowest BCUT2D eigenvalue weighted by Crippen LogP contribution is -2.53. The first-order valence-electron chi connectivity index (χ1n) is 5.19. The Hall–Kier alpha value is -0.570. The van der Waals surface area contributed by atoms with Gasteiger partial charge in [0.2, 0.25) is 0 Å². The van der Waals surface area contributed by atoms with Crippen LogP contribution in [0.25, 0.3) is 0 Å². The maximum absolute atomic E-state index is 12.3. The molecule has 8 heteroatoms. The Balaban J connectivity index is 2.49. The molecule has 0 aromatic rings. The predicted molar refractivity (Wildman–Crippen MR) is 80.9 cm³/mol. The van der Waals surface area contributed by atoms with Crippen molar-refractivity contribution in [3.8, 4) is 0 Å². The topological polar surface area (TPSA) is 40.6 Å². The van der Waals surface area contributed by atoms with Crippen LogP contribution in [0.4, 0.5) is 0 Å². The van der Waals surface area contributed by atoms with E-state index in [0.29, 0.717) is 13.1 Å². The SMILES string of the molecule is C=CCN1C(=O)C2N(CC=C)C(=O)C1S2=S=S=S. The summed E-state index contributed by atoms with van der Waals surface area (Å²) in [6.45, 7) is 8.09. The van der Waals surface area contributed by atoms with Crippen molar-refractivity contribution in [2.75, 3.05) is 13.1 Å². The van der Waals surface area contributed by atoms with Gasteiger partial charge in [0, 0.05) is 13.1 Å². The molecule has 98 valence electrons. The van der Waals surface area contributed by atoms with Crippen LogP contribution in [-0.2, 0) is 48.0 Å². The number of hydrogen-bond acceptors (Lipinski definition) is 3. The zero-order valence-corrected chi connectivity index (χ0v) is 12.7. The third-order valence-corrected chi connectivity index (χ3v) is 9.90. The molecular formula is C10H12N2O2S4. The fraction of sp³-hybridized carbons (Fsp3) is 0.400. The molecule has 2 bridgehead atoms. The van der Waals surface area contributed by atoms with Gasteiger partial charge in [0.25, 0.3) is 11.8 Å². The molecule has 0 radical (unpaired) electrons. The molecule has 2 atom stereocenters. The van der Waals surface area contributed by atoms with Crippen LogP contribution >= 0.6 is 0 Å². The lowest BCUT2D eigenvalue weighted by atomic mass is 10.3. The van der Waals surface area contributed by atoms with E-state index in [1.807, 2.05) is 0 Å². The normalized spacial score (nSPS) is 29.7. The van der Waals surface area contributed by atoms with Crippen molar-refractivity contribution in [1.82, 2.24) is 9.80 Å². The summed E-state index contributed by atoms with van der Waals surface area (Å²) in [5, 5.41) is -0.748. The quantitative estimate of drug-likeness (QED) is 0.672. The average molecular weight is 320 g/mol. The van der Waals surface area contributed by atoms with E-state index >= 15 is 0 Å². The number of carbonyl (C=O) groups is 2. The maximum atomic E-state index is 12.3. The molecule has 0 saturated carbocycles. The van der Waals surface area contributed by atoms with Gasteiger partial charge in [-0.3, -0.25) is 9.59 Å². The molecule has 0 aromatic heterocycles. The van der Waals surface area contributed by atoms with Crippen molar-refractivity contribution in [3.63, 3.8) is 0 Å². The van der Waals surface area contributed by atoms with E-state index in [1.165, 1.54) is 17.8 Å². The van der Waals surface area contributed by atoms with Crippen LogP contribution in [0, 0.1) is 0 Å². The molecule has 2 saturated heterocycles. The monoisotopic (exact) mass is 320 g/mol. The van der Waals surface area contributed by atoms with Gasteiger partial charge in [0.05, 0.1) is 0 Å². The molecule has 18 heavy (non-hydrogen) atoms. The second-order valence-electron chi connectivity index (χ2n) is 3.73. The summed E-state index contributed by atoms with van der Waals surface area (Å²) in [7, 11) is 2.25. The summed E-state index contributed by atoms with van der Waals surface area (Å²) in [6, 6.07) is 0. The highest BCUT2D eigenvalue weighted by atomic mass is 33.2. The molecule has 0 N–H and O–H groups in total. The molecular weight excluding hydrogens is 308 g/mol. The molecule has 2 fully saturated rings. The Labute approximate surface area is 118 Å². The second kappa shape index (κ2) is 5.60. The summed E-state index contributed by atoms with van der Waals surface area (Å²) >= 11 is 4.89. The third-order valence-electron chi connectivity index (χ3n) is 2.75. The summed E-state index contributed by atoms with van der Waals surface area (Å²) < 4.78 is 0. The number of nitrogens with zero attached hydrogens (tertiary/aromatic N) is 2. The Bertz CT molecular complexity index is 498. The largest absolute Gasteiger partial charge is 0.315 e. The van der Waals surface area contributed by atoms with Crippen LogP contribution in [0.3, 0.4) is 0 Å². The van der Waals surface area contributed by atoms with E-state index in [2.05, 4.69) is 13.2 Å². The van der Waals surface area contributed by atoms with Gasteiger partial charge in [-0.2, -0.15) is 0 Å². The molecule has 4 nitrogen and oxygen atoms in total. The first-order chi connectivity index (χ1) is 8.67. The minimum Gasteiger partial charge on any atom is -0.315 e. The third kappa shape index (κ3) is 1.97. The predicted octanol–water partition coefficient (Wildman–Crippen LogP) is -0.230. The summed E-state index contributed by atoms with van der Waals surface area (Å²) in [5.41, 5.74) is 0. The zero-order chi connectivity index (χ0) is 13.3. The molecule has 0 aliphatic carbocycles. The van der Waals surface area contributed by atoms with Crippen molar-refractivity contribution < 1.29 is 9.59 Å². The highest BCUT2D eigenvalue weighted by Crippen LogP contribution is 2.33. The smallest absolute Gasteiger partial charge is 0.257 e. The van der Waals surface area contributed by atoms with Crippen molar-refractivity contribution in [2.45, 2.75) is 10.7 Å². The minimum absolute atomic E-state index is 0.00114. The highest BCUT2D eigenvalue weighted by Gasteiger charge is 2.58. The fourth-order valence-electron chi connectivity index (χ4n) is 2.11. The van der Waals surface area contributed by atoms with E-state index < -0.39 is 9.45 Å². The minimum atomic E-state index is -0.396. The summed E-state index contributed by atoms with van der Waals surface area (Å²) in [5.74, 6) is 0.00228. The van der Waals surface area contributed by atoms with Crippen molar-refractivity contribution in [1.29, 1.82) is 0 Å². The van der Waals surface area contributed by atoms with Crippen LogP contribution in [0.5, 0.6) is 0 Å². The second-order valence-corrected chi connectivity index (χ2v) is 9.97. The lowest BCUT2D eigenvalue weighted by Gasteiger charge is -2.30. The van der Waals surface area contributed by atoms with Gasteiger partial charge >= 0.3 is 0 Å². The van der Waals surface area contributed by atoms with Gasteiger partial charge in [0.1, 0.15) is 0 Å². The Morgan fingerprint density at radius 2 is 1.61 bits per heavy atom. The first-order valence-corrected chi connectivity index (χ1v) is 10.1. The standard InChI is InChI=1S/C10H12N2O2S4/c1-3-5-11-7(13)10-12(6-4-2)8(14)9(11)18(10)17-16-15/h3-4,9-10H,1-2,5-6H2. The number of rotatable bonds is 4. The molecule has 2 aliphatic rings. The van der Waals surface area contributed by atoms with Crippen LogP contribution in [0.15, 0.2) is 25.3 Å². The Morgan fingerprint density at radius 3 is 1.94 bits per heavy atom. The van der Waals surface area contributed by atoms with Gasteiger partial charge in [-0.05, 0) is 28.9 Å². The van der Waals surface area contributed by atoms with Gasteiger partial charge in [0.15, 0.2) is 10.7 Å². The van der Waals surface area contributed by atoms with Gasteiger partial charge in [-0.1, -0.05) is 21.6 Å². The number of amides is 2.